The molecule has 3 nitrogen and oxygen atoms in total. The Morgan fingerprint density at radius 3 is 2.75 bits per heavy atom. The van der Waals surface area contributed by atoms with Crippen molar-refractivity contribution in [1.82, 2.24) is 0 Å². The van der Waals surface area contributed by atoms with Gasteiger partial charge >= 0.3 is 0 Å². The molecule has 0 saturated carbocycles. The lowest BCUT2D eigenvalue weighted by Crippen LogP contribution is -2.24. The molecule has 4 rings (SSSR count). The molecule has 0 spiro atoms. The number of thioether (sulfide) groups is 1. The molecule has 0 fully saturated rings. The summed E-state index contributed by atoms with van der Waals surface area (Å²) < 4.78 is 19.0. The second-order valence-electron chi connectivity index (χ2n) is 6.81. The molecule has 28 heavy (non-hydrogen) atoms. The largest absolute Gasteiger partial charge is 0.504 e. The van der Waals surface area contributed by atoms with Crippen LogP contribution in [0.4, 0.5) is 10.1 Å². The zero-order chi connectivity index (χ0) is 19.5. The molecule has 0 aliphatic carbocycles. The Balaban J connectivity index is 1.65. The molecule has 1 aliphatic rings. The van der Waals surface area contributed by atoms with Crippen LogP contribution in [0.1, 0.15) is 22.8 Å². The van der Waals surface area contributed by atoms with Crippen LogP contribution < -0.4 is 9.64 Å². The number of aromatic hydroxyl groups is 1. The van der Waals surface area contributed by atoms with Crippen LogP contribution in [0.15, 0.2) is 71.6 Å². The number of hydrogen-bond acceptors (Lipinski definition) is 4. The Labute approximate surface area is 168 Å². The van der Waals surface area contributed by atoms with Crippen LogP contribution in [-0.2, 0) is 6.54 Å². The molecule has 0 saturated heterocycles. The van der Waals surface area contributed by atoms with Gasteiger partial charge in [0.05, 0.1) is 12.8 Å². The van der Waals surface area contributed by atoms with Gasteiger partial charge < -0.3 is 14.7 Å². The average molecular weight is 395 g/mol. The fourth-order valence-corrected chi connectivity index (χ4v) is 4.88. The zero-order valence-corrected chi connectivity index (χ0v) is 16.5. The second-order valence-corrected chi connectivity index (χ2v) is 8.05. The van der Waals surface area contributed by atoms with Gasteiger partial charge in [-0.1, -0.05) is 36.4 Å². The summed E-state index contributed by atoms with van der Waals surface area (Å²) in [6, 6.07) is 20.7. The first-order chi connectivity index (χ1) is 13.7. The van der Waals surface area contributed by atoms with Crippen LogP contribution in [-0.4, -0.2) is 18.8 Å². The van der Waals surface area contributed by atoms with Gasteiger partial charge in [0.25, 0.3) is 0 Å². The summed E-state index contributed by atoms with van der Waals surface area (Å²) >= 11 is 1.77. The number of halogens is 1. The number of fused-ring (bicyclic) bond motifs is 1. The van der Waals surface area contributed by atoms with E-state index in [1.807, 2.05) is 30.3 Å². The van der Waals surface area contributed by atoms with Gasteiger partial charge in [-0.2, -0.15) is 0 Å². The minimum Gasteiger partial charge on any atom is -0.504 e. The predicted octanol–water partition coefficient (Wildman–Crippen LogP) is 5.78. The lowest BCUT2D eigenvalue weighted by atomic mass is 10.1. The van der Waals surface area contributed by atoms with Crippen molar-refractivity contribution in [3.8, 4) is 11.5 Å². The number of rotatable bonds is 4. The minimum atomic E-state index is -0.200. The maximum atomic E-state index is 13.7. The summed E-state index contributed by atoms with van der Waals surface area (Å²) in [7, 11) is 1.56. The summed E-state index contributed by atoms with van der Waals surface area (Å²) in [5, 5.41) is 10.7. The topological polar surface area (TPSA) is 32.7 Å². The van der Waals surface area contributed by atoms with Gasteiger partial charge in [0.2, 0.25) is 0 Å². The highest BCUT2D eigenvalue weighted by Gasteiger charge is 2.24. The van der Waals surface area contributed by atoms with Crippen molar-refractivity contribution in [2.24, 2.45) is 0 Å². The lowest BCUT2D eigenvalue weighted by molar-refractivity contribution is 0.370. The first kappa shape index (κ1) is 18.7. The van der Waals surface area contributed by atoms with Crippen LogP contribution in [0.5, 0.6) is 11.5 Å². The Hall–Kier alpha value is -2.66. The standard InChI is InChI=1S/C23H22FNO2S/c1-27-20-10-5-7-17(23(20)26)15-25-13-12-21(16-6-4-8-18(24)14-16)28-22-11-3-2-9-19(22)25/h2-11,14,21,26H,12-13,15H2,1H3/t21-/m1/s1. The van der Waals surface area contributed by atoms with Crippen LogP contribution in [0, 0.1) is 5.82 Å². The van der Waals surface area contributed by atoms with Crippen molar-refractivity contribution in [3.63, 3.8) is 0 Å². The first-order valence-electron chi connectivity index (χ1n) is 9.26. The highest BCUT2D eigenvalue weighted by Crippen LogP contribution is 2.46. The number of ether oxygens (including phenoxy) is 1. The molecule has 144 valence electrons. The fourth-order valence-electron chi connectivity index (χ4n) is 3.60. The Bertz CT molecular complexity index is 978. The molecule has 1 atom stereocenters. The van der Waals surface area contributed by atoms with Crippen LogP contribution >= 0.6 is 11.8 Å². The number of hydrogen-bond donors (Lipinski definition) is 1. The van der Waals surface area contributed by atoms with Crippen molar-refractivity contribution in [3.05, 3.63) is 83.7 Å². The van der Waals surface area contributed by atoms with E-state index in [9.17, 15) is 9.50 Å². The number of phenols is 1. The van der Waals surface area contributed by atoms with Gasteiger partial charge in [-0.15, -0.1) is 11.8 Å². The molecule has 0 bridgehead atoms. The lowest BCUT2D eigenvalue weighted by Gasteiger charge is -2.25. The molecule has 0 radical (unpaired) electrons. The third-order valence-corrected chi connectivity index (χ3v) is 6.41. The van der Waals surface area contributed by atoms with E-state index in [0.717, 1.165) is 34.7 Å². The molecule has 0 aromatic heterocycles. The van der Waals surface area contributed by atoms with Gasteiger partial charge in [0, 0.05) is 28.8 Å². The molecular formula is C23H22FNO2S. The summed E-state index contributed by atoms with van der Waals surface area (Å²) in [5.74, 6) is 0.461. The van der Waals surface area contributed by atoms with E-state index < -0.39 is 0 Å². The Kier molecular flexibility index (Phi) is 5.44. The molecule has 0 unspecified atom stereocenters. The number of nitrogens with zero attached hydrogens (tertiary/aromatic N) is 1. The normalized spacial score (nSPS) is 16.4. The van der Waals surface area contributed by atoms with E-state index in [1.54, 1.807) is 37.1 Å². The summed E-state index contributed by atoms with van der Waals surface area (Å²) in [6.07, 6.45) is 0.882. The molecule has 3 aromatic carbocycles. The molecule has 0 amide bonds. The minimum absolute atomic E-state index is 0.181. The molecule has 5 heteroatoms. The Morgan fingerprint density at radius 1 is 1.11 bits per heavy atom. The van der Waals surface area contributed by atoms with Crippen LogP contribution in [0.3, 0.4) is 0 Å². The summed E-state index contributed by atoms with van der Waals surface area (Å²) in [5.41, 5.74) is 2.96. The van der Waals surface area contributed by atoms with Gasteiger partial charge in [0.1, 0.15) is 5.82 Å². The number of benzene rings is 3. The van der Waals surface area contributed by atoms with Crippen molar-refractivity contribution in [2.75, 3.05) is 18.6 Å². The summed E-state index contributed by atoms with van der Waals surface area (Å²) in [4.78, 5) is 3.44. The smallest absolute Gasteiger partial charge is 0.162 e. The van der Waals surface area contributed by atoms with Gasteiger partial charge in [-0.05, 0) is 42.3 Å². The zero-order valence-electron chi connectivity index (χ0n) is 15.6. The number of phenolic OH excluding ortho intramolecular Hbond substituents is 1. The second kappa shape index (κ2) is 8.15. The number of methoxy groups -OCH3 is 1. The van der Waals surface area contributed by atoms with E-state index in [2.05, 4.69) is 17.0 Å². The van der Waals surface area contributed by atoms with Crippen LogP contribution in [0.25, 0.3) is 0 Å². The van der Waals surface area contributed by atoms with Crippen molar-refractivity contribution in [1.29, 1.82) is 0 Å². The van der Waals surface area contributed by atoms with Crippen molar-refractivity contribution in [2.45, 2.75) is 23.1 Å². The highest BCUT2D eigenvalue weighted by molar-refractivity contribution is 7.99. The SMILES string of the molecule is COc1cccc(CN2CC[C@H](c3cccc(F)c3)Sc3ccccc32)c1O. The predicted molar refractivity (Wildman–Crippen MR) is 112 cm³/mol. The van der Waals surface area contributed by atoms with Gasteiger partial charge in [-0.25, -0.2) is 4.39 Å². The number of anilines is 1. The molecule has 3 aromatic rings. The van der Waals surface area contributed by atoms with Crippen LogP contribution in [0.2, 0.25) is 0 Å². The van der Waals surface area contributed by atoms with Gasteiger partial charge in [0.15, 0.2) is 11.5 Å². The monoisotopic (exact) mass is 395 g/mol. The number of para-hydroxylation sites is 2. The van der Waals surface area contributed by atoms with Gasteiger partial charge in [-0.3, -0.25) is 0 Å². The van der Waals surface area contributed by atoms with E-state index in [-0.39, 0.29) is 16.8 Å². The summed E-state index contributed by atoms with van der Waals surface area (Å²) in [6.45, 7) is 1.39. The molecule has 1 aliphatic heterocycles. The molecule has 1 heterocycles. The van der Waals surface area contributed by atoms with Crippen molar-refractivity contribution < 1.29 is 14.2 Å². The van der Waals surface area contributed by atoms with E-state index >= 15 is 0 Å². The maximum absolute atomic E-state index is 13.7. The van der Waals surface area contributed by atoms with Crippen molar-refractivity contribution >= 4 is 17.4 Å². The quantitative estimate of drug-likeness (QED) is 0.607. The molecular weight excluding hydrogens is 373 g/mol. The highest BCUT2D eigenvalue weighted by atomic mass is 32.2. The molecule has 1 N–H and O–H groups in total. The van der Waals surface area contributed by atoms with E-state index in [1.165, 1.54) is 6.07 Å². The average Bonchev–Trinajstić information content (AvgIpc) is 2.89. The fraction of sp³-hybridized carbons (Fsp3) is 0.217. The third-order valence-electron chi connectivity index (χ3n) is 5.02. The van der Waals surface area contributed by atoms with E-state index in [0.29, 0.717) is 12.3 Å². The Morgan fingerprint density at radius 2 is 1.93 bits per heavy atom. The third kappa shape index (κ3) is 3.80. The maximum Gasteiger partial charge on any atom is 0.162 e. The van der Waals surface area contributed by atoms with E-state index in [4.69, 9.17) is 4.74 Å². The first-order valence-corrected chi connectivity index (χ1v) is 10.1.